The monoisotopic (exact) mass is 348 g/mol. The zero-order valence-electron chi connectivity index (χ0n) is 14.0. The molecule has 0 bridgehead atoms. The molecule has 0 fully saturated rings. The number of nitro groups is 1. The molecule has 0 aliphatic heterocycles. The number of nitro benzene ring substituents is 1. The molecule has 1 aromatic heterocycles. The number of pyridine rings is 1. The van der Waals surface area contributed by atoms with Gasteiger partial charge >= 0.3 is 5.97 Å². The number of non-ortho nitro benzene ring substituents is 1. The van der Waals surface area contributed by atoms with E-state index < -0.39 is 10.9 Å². The van der Waals surface area contributed by atoms with E-state index in [0.29, 0.717) is 11.1 Å². The Hall–Kier alpha value is -3.28. The maximum absolute atomic E-state index is 12.8. The highest BCUT2D eigenvalue weighted by molar-refractivity contribution is 6.05. The van der Waals surface area contributed by atoms with E-state index in [-0.39, 0.29) is 12.3 Å². The molecule has 0 unspecified atom stereocenters. The van der Waals surface area contributed by atoms with Crippen LogP contribution in [0.25, 0.3) is 10.9 Å². The van der Waals surface area contributed by atoms with E-state index in [1.54, 1.807) is 12.1 Å². The third kappa shape index (κ3) is 2.90. The number of carbonyl (C=O) groups is 1. The first-order valence-corrected chi connectivity index (χ1v) is 8.44. The van der Waals surface area contributed by atoms with Gasteiger partial charge in [-0.05, 0) is 36.5 Å². The summed E-state index contributed by atoms with van der Waals surface area (Å²) in [5.74, 6) is -0.409. The maximum Gasteiger partial charge on any atom is 0.339 e. The van der Waals surface area contributed by atoms with Crippen LogP contribution in [0.1, 0.15) is 33.6 Å². The molecular formula is C20H16N2O4. The van der Waals surface area contributed by atoms with Crippen molar-refractivity contribution in [3.8, 4) is 0 Å². The summed E-state index contributed by atoms with van der Waals surface area (Å²) in [6.07, 6.45) is 2.66. The number of nitrogens with zero attached hydrogens (tertiary/aromatic N) is 2. The van der Waals surface area contributed by atoms with Crippen LogP contribution in [0.3, 0.4) is 0 Å². The van der Waals surface area contributed by atoms with Gasteiger partial charge in [0.25, 0.3) is 5.69 Å². The number of hydrogen-bond acceptors (Lipinski definition) is 5. The summed E-state index contributed by atoms with van der Waals surface area (Å²) in [7, 11) is 0. The molecule has 6 nitrogen and oxygen atoms in total. The fourth-order valence-corrected chi connectivity index (χ4v) is 3.42. The standard InChI is InChI=1S/C20H16N2O4/c23-20(26-12-13-5-3-6-14(11-13)22(24)25)19-15-7-1-2-9-17(15)21-18-10-4-8-16(18)19/h1-3,5-7,9,11H,4,8,10,12H2. The van der Waals surface area contributed by atoms with Crippen molar-refractivity contribution < 1.29 is 14.5 Å². The van der Waals surface area contributed by atoms with Gasteiger partial charge in [-0.3, -0.25) is 15.1 Å². The van der Waals surface area contributed by atoms with Crippen molar-refractivity contribution in [2.75, 3.05) is 0 Å². The van der Waals surface area contributed by atoms with E-state index in [1.807, 2.05) is 24.3 Å². The van der Waals surface area contributed by atoms with Crippen molar-refractivity contribution >= 4 is 22.6 Å². The first-order valence-electron chi connectivity index (χ1n) is 8.44. The summed E-state index contributed by atoms with van der Waals surface area (Å²) in [6, 6.07) is 13.7. The molecule has 1 aliphatic rings. The lowest BCUT2D eigenvalue weighted by atomic mass is 10.0. The molecule has 0 spiro atoms. The Labute approximate surface area is 149 Å². The number of ether oxygens (including phenoxy) is 1. The molecule has 6 heteroatoms. The van der Waals surface area contributed by atoms with Crippen molar-refractivity contribution in [1.29, 1.82) is 0 Å². The molecule has 0 radical (unpaired) electrons. The van der Waals surface area contributed by atoms with Crippen molar-refractivity contribution in [3.63, 3.8) is 0 Å². The fourth-order valence-electron chi connectivity index (χ4n) is 3.42. The Morgan fingerprint density at radius 3 is 2.85 bits per heavy atom. The van der Waals surface area contributed by atoms with E-state index in [4.69, 9.17) is 4.74 Å². The van der Waals surface area contributed by atoms with Crippen LogP contribution in [0.15, 0.2) is 48.5 Å². The number of para-hydroxylation sites is 1. The number of esters is 1. The topological polar surface area (TPSA) is 82.3 Å². The van der Waals surface area contributed by atoms with Gasteiger partial charge in [-0.25, -0.2) is 4.79 Å². The maximum atomic E-state index is 12.8. The molecule has 0 amide bonds. The first-order chi connectivity index (χ1) is 12.6. The molecule has 130 valence electrons. The fraction of sp³-hybridized carbons (Fsp3) is 0.200. The van der Waals surface area contributed by atoms with Crippen molar-refractivity contribution in [2.24, 2.45) is 0 Å². The van der Waals surface area contributed by atoms with Crippen molar-refractivity contribution in [1.82, 2.24) is 4.98 Å². The molecule has 1 aliphatic carbocycles. The highest BCUT2D eigenvalue weighted by Gasteiger charge is 2.24. The molecule has 3 aromatic rings. The highest BCUT2D eigenvalue weighted by Crippen LogP contribution is 2.30. The molecular weight excluding hydrogens is 332 g/mol. The van der Waals surface area contributed by atoms with Crippen LogP contribution in [-0.2, 0) is 24.2 Å². The van der Waals surface area contributed by atoms with E-state index in [0.717, 1.165) is 41.4 Å². The minimum absolute atomic E-state index is 0.00800. The molecule has 1 heterocycles. The summed E-state index contributed by atoms with van der Waals surface area (Å²) in [5, 5.41) is 11.7. The van der Waals surface area contributed by atoms with E-state index in [1.165, 1.54) is 12.1 Å². The second-order valence-corrected chi connectivity index (χ2v) is 6.29. The number of aryl methyl sites for hydroxylation is 1. The van der Waals surface area contributed by atoms with Gasteiger partial charge in [0.15, 0.2) is 0 Å². The number of carbonyl (C=O) groups excluding carboxylic acids is 1. The molecule has 0 N–H and O–H groups in total. The number of aromatic nitrogens is 1. The number of rotatable bonds is 4. The normalized spacial score (nSPS) is 12.8. The van der Waals surface area contributed by atoms with Gasteiger partial charge in [0, 0.05) is 23.2 Å². The lowest BCUT2D eigenvalue weighted by Crippen LogP contribution is -2.10. The van der Waals surface area contributed by atoms with Gasteiger partial charge in [-0.2, -0.15) is 0 Å². The first kappa shape index (κ1) is 16.2. The van der Waals surface area contributed by atoms with Crippen LogP contribution in [0.4, 0.5) is 5.69 Å². The van der Waals surface area contributed by atoms with Crippen LogP contribution >= 0.6 is 0 Å². The summed E-state index contributed by atoms with van der Waals surface area (Å²) >= 11 is 0. The predicted octanol–water partition coefficient (Wildman–Crippen LogP) is 3.99. The minimum atomic E-state index is -0.464. The Kier molecular flexibility index (Phi) is 4.08. The molecule has 0 saturated heterocycles. The third-order valence-electron chi connectivity index (χ3n) is 4.61. The number of fused-ring (bicyclic) bond motifs is 2. The Morgan fingerprint density at radius 2 is 2.00 bits per heavy atom. The molecule has 0 atom stereocenters. The van der Waals surface area contributed by atoms with Gasteiger partial charge in [-0.1, -0.05) is 30.3 Å². The van der Waals surface area contributed by atoms with E-state index in [9.17, 15) is 14.9 Å². The molecule has 26 heavy (non-hydrogen) atoms. The quantitative estimate of drug-likeness (QED) is 0.404. The van der Waals surface area contributed by atoms with Crippen LogP contribution in [0.5, 0.6) is 0 Å². The molecule has 0 saturated carbocycles. The second-order valence-electron chi connectivity index (χ2n) is 6.29. The van der Waals surface area contributed by atoms with Crippen LogP contribution in [0, 0.1) is 10.1 Å². The van der Waals surface area contributed by atoms with Gasteiger partial charge < -0.3 is 4.74 Å². The average Bonchev–Trinajstić information content (AvgIpc) is 3.12. The predicted molar refractivity (Wildman–Crippen MR) is 96.0 cm³/mol. The van der Waals surface area contributed by atoms with Crippen molar-refractivity contribution in [3.05, 3.63) is 81.0 Å². The Morgan fingerprint density at radius 1 is 1.15 bits per heavy atom. The minimum Gasteiger partial charge on any atom is -0.457 e. The van der Waals surface area contributed by atoms with Crippen molar-refractivity contribution in [2.45, 2.75) is 25.9 Å². The van der Waals surface area contributed by atoms with Gasteiger partial charge in [0.1, 0.15) is 6.61 Å². The lowest BCUT2D eigenvalue weighted by Gasteiger charge is -2.12. The number of benzene rings is 2. The summed E-state index contributed by atoms with van der Waals surface area (Å²) in [4.78, 5) is 27.9. The summed E-state index contributed by atoms with van der Waals surface area (Å²) < 4.78 is 5.49. The van der Waals surface area contributed by atoms with E-state index >= 15 is 0 Å². The van der Waals surface area contributed by atoms with Gasteiger partial charge in [0.2, 0.25) is 0 Å². The Balaban J connectivity index is 1.65. The summed E-state index contributed by atoms with van der Waals surface area (Å²) in [6.45, 7) is -0.00800. The smallest absolute Gasteiger partial charge is 0.339 e. The second kappa shape index (κ2) is 6.55. The zero-order chi connectivity index (χ0) is 18.1. The van der Waals surface area contributed by atoms with E-state index in [2.05, 4.69) is 4.98 Å². The van der Waals surface area contributed by atoms with Crippen LogP contribution < -0.4 is 0 Å². The highest BCUT2D eigenvalue weighted by atomic mass is 16.6. The third-order valence-corrected chi connectivity index (χ3v) is 4.61. The van der Waals surface area contributed by atoms with Gasteiger partial charge in [0.05, 0.1) is 16.0 Å². The zero-order valence-corrected chi connectivity index (χ0v) is 14.0. The van der Waals surface area contributed by atoms with Crippen LogP contribution in [-0.4, -0.2) is 15.9 Å². The largest absolute Gasteiger partial charge is 0.457 e. The lowest BCUT2D eigenvalue weighted by molar-refractivity contribution is -0.384. The Bertz CT molecular complexity index is 1030. The molecule has 2 aromatic carbocycles. The summed E-state index contributed by atoms with van der Waals surface area (Å²) in [5.41, 5.74) is 3.86. The SMILES string of the molecule is O=C(OCc1cccc([N+](=O)[O-])c1)c1c2c(nc3ccccc13)CCC2. The average molecular weight is 348 g/mol. The van der Waals surface area contributed by atoms with Crippen LogP contribution in [0.2, 0.25) is 0 Å². The number of hydrogen-bond donors (Lipinski definition) is 0. The van der Waals surface area contributed by atoms with Gasteiger partial charge in [-0.15, -0.1) is 0 Å². The molecule has 4 rings (SSSR count).